The molecule has 31 heavy (non-hydrogen) atoms. The molecular weight excluding hydrogens is 424 g/mol. The van der Waals surface area contributed by atoms with Crippen LogP contribution < -0.4 is 15.8 Å². The third kappa shape index (κ3) is 5.18. The largest absolute Gasteiger partial charge is 0.449 e. The Morgan fingerprint density at radius 3 is 2.55 bits per heavy atom. The van der Waals surface area contributed by atoms with Crippen molar-refractivity contribution in [1.29, 1.82) is 5.26 Å². The van der Waals surface area contributed by atoms with Gasteiger partial charge < -0.3 is 10.1 Å². The Kier molecular flexibility index (Phi) is 6.52. The van der Waals surface area contributed by atoms with Gasteiger partial charge in [0, 0.05) is 18.5 Å². The number of carbonyl (C=O) groups is 4. The van der Waals surface area contributed by atoms with Crippen LogP contribution in [0.25, 0.3) is 0 Å². The smallest absolute Gasteiger partial charge is 0.338 e. The minimum Gasteiger partial charge on any atom is -0.449 e. The van der Waals surface area contributed by atoms with Crippen molar-refractivity contribution in [2.24, 2.45) is 0 Å². The highest BCUT2D eigenvalue weighted by atomic mass is 35.5. The fourth-order valence-corrected chi connectivity index (χ4v) is 2.96. The number of nitrogens with zero attached hydrogens (tertiary/aromatic N) is 2. The third-order valence-corrected chi connectivity index (χ3v) is 4.74. The van der Waals surface area contributed by atoms with Gasteiger partial charge in [-0.05, 0) is 49.4 Å². The second-order valence-electron chi connectivity index (χ2n) is 6.65. The summed E-state index contributed by atoms with van der Waals surface area (Å²) >= 11 is 5.94. The van der Waals surface area contributed by atoms with Gasteiger partial charge in [0.15, 0.2) is 6.10 Å². The molecule has 0 bridgehead atoms. The number of esters is 1. The van der Waals surface area contributed by atoms with E-state index in [9.17, 15) is 19.2 Å². The summed E-state index contributed by atoms with van der Waals surface area (Å²) < 4.78 is 5.18. The molecule has 0 aromatic heterocycles. The molecule has 1 aliphatic rings. The number of rotatable bonds is 5. The Labute approximate surface area is 182 Å². The summed E-state index contributed by atoms with van der Waals surface area (Å²) in [6.07, 6.45) is -0.870. The zero-order valence-electron chi connectivity index (χ0n) is 16.3. The Morgan fingerprint density at radius 1 is 1.19 bits per heavy atom. The maximum absolute atomic E-state index is 12.3. The maximum Gasteiger partial charge on any atom is 0.338 e. The number of nitrogens with one attached hydrogen (secondary N) is 2. The first-order valence-corrected chi connectivity index (χ1v) is 9.60. The molecule has 1 fully saturated rings. The SMILES string of the molecule is CC(OC(=O)c1ccc(N2NC(=O)CCC2=O)cc1)C(=O)Nc1ccc(C#N)c(Cl)c1. The van der Waals surface area contributed by atoms with E-state index in [1.165, 1.54) is 49.4 Å². The van der Waals surface area contributed by atoms with Crippen molar-refractivity contribution in [3.05, 3.63) is 58.6 Å². The quantitative estimate of drug-likeness (QED) is 0.687. The van der Waals surface area contributed by atoms with Crippen LogP contribution in [-0.2, 0) is 19.1 Å². The Balaban J connectivity index is 1.60. The molecule has 0 spiro atoms. The molecule has 0 aliphatic carbocycles. The number of halogens is 1. The predicted octanol–water partition coefficient (Wildman–Crippen LogP) is 2.55. The van der Waals surface area contributed by atoms with Crippen molar-refractivity contribution >= 4 is 46.7 Å². The van der Waals surface area contributed by atoms with E-state index in [4.69, 9.17) is 21.6 Å². The first-order chi connectivity index (χ1) is 14.8. The maximum atomic E-state index is 12.3. The van der Waals surface area contributed by atoms with E-state index in [0.717, 1.165) is 5.01 Å². The van der Waals surface area contributed by atoms with Crippen molar-refractivity contribution in [3.63, 3.8) is 0 Å². The first kappa shape index (κ1) is 21.8. The van der Waals surface area contributed by atoms with E-state index in [2.05, 4.69) is 10.7 Å². The molecule has 1 unspecified atom stereocenters. The number of amides is 3. The number of hydrogen-bond donors (Lipinski definition) is 2. The van der Waals surface area contributed by atoms with E-state index >= 15 is 0 Å². The molecule has 0 radical (unpaired) electrons. The van der Waals surface area contributed by atoms with E-state index < -0.39 is 18.0 Å². The van der Waals surface area contributed by atoms with E-state index in [1.807, 2.05) is 6.07 Å². The normalized spacial score (nSPS) is 14.3. The number of anilines is 2. The van der Waals surface area contributed by atoms with Gasteiger partial charge in [0.1, 0.15) is 6.07 Å². The van der Waals surface area contributed by atoms with Gasteiger partial charge in [0.05, 0.1) is 21.8 Å². The average Bonchev–Trinajstić information content (AvgIpc) is 2.75. The van der Waals surface area contributed by atoms with Gasteiger partial charge in [-0.3, -0.25) is 19.8 Å². The van der Waals surface area contributed by atoms with Crippen LogP contribution in [-0.4, -0.2) is 29.8 Å². The van der Waals surface area contributed by atoms with Crippen LogP contribution in [0.15, 0.2) is 42.5 Å². The minimum atomic E-state index is -1.11. The summed E-state index contributed by atoms with van der Waals surface area (Å²) in [6, 6.07) is 12.1. The number of nitriles is 1. The molecule has 2 aromatic carbocycles. The second kappa shape index (κ2) is 9.28. The van der Waals surface area contributed by atoms with Gasteiger partial charge in [0.25, 0.3) is 5.91 Å². The molecule has 9 nitrogen and oxygen atoms in total. The number of hydrazine groups is 1. The minimum absolute atomic E-state index is 0.104. The fraction of sp³-hybridized carbons (Fsp3) is 0.190. The molecule has 3 amide bonds. The van der Waals surface area contributed by atoms with Crippen molar-refractivity contribution in [1.82, 2.24) is 5.43 Å². The Morgan fingerprint density at radius 2 is 1.90 bits per heavy atom. The molecule has 1 aliphatic heterocycles. The lowest BCUT2D eigenvalue weighted by molar-refractivity contribution is -0.130. The molecule has 0 saturated carbocycles. The average molecular weight is 441 g/mol. The van der Waals surface area contributed by atoms with Gasteiger partial charge in [-0.2, -0.15) is 5.26 Å². The lowest BCUT2D eigenvalue weighted by atomic mass is 10.1. The zero-order valence-corrected chi connectivity index (χ0v) is 17.1. The molecule has 158 valence electrons. The molecular formula is C21H17ClN4O5. The van der Waals surface area contributed by atoms with E-state index in [1.54, 1.807) is 0 Å². The number of hydrogen-bond acceptors (Lipinski definition) is 6. The first-order valence-electron chi connectivity index (χ1n) is 9.22. The van der Waals surface area contributed by atoms with Crippen molar-refractivity contribution in [2.45, 2.75) is 25.9 Å². The van der Waals surface area contributed by atoms with Crippen LogP contribution in [0.4, 0.5) is 11.4 Å². The summed E-state index contributed by atoms with van der Waals surface area (Å²) in [6.45, 7) is 1.41. The number of benzene rings is 2. The summed E-state index contributed by atoms with van der Waals surface area (Å²) in [4.78, 5) is 48.1. The van der Waals surface area contributed by atoms with Crippen LogP contribution in [0.1, 0.15) is 35.7 Å². The van der Waals surface area contributed by atoms with Crippen LogP contribution in [0, 0.1) is 11.3 Å². The van der Waals surface area contributed by atoms with Crippen LogP contribution in [0.5, 0.6) is 0 Å². The van der Waals surface area contributed by atoms with Gasteiger partial charge in [-0.1, -0.05) is 11.6 Å². The van der Waals surface area contributed by atoms with Crippen LogP contribution in [0.2, 0.25) is 5.02 Å². The molecule has 1 heterocycles. The molecule has 2 aromatic rings. The summed E-state index contributed by atoms with van der Waals surface area (Å²) in [5, 5.41) is 12.8. The molecule has 1 saturated heterocycles. The highest BCUT2D eigenvalue weighted by molar-refractivity contribution is 6.32. The third-order valence-electron chi connectivity index (χ3n) is 4.42. The van der Waals surface area contributed by atoms with Crippen molar-refractivity contribution in [3.8, 4) is 6.07 Å². The summed E-state index contributed by atoms with van der Waals surface area (Å²) in [5.41, 5.74) is 3.66. The summed E-state index contributed by atoms with van der Waals surface area (Å²) in [7, 11) is 0. The lowest BCUT2D eigenvalue weighted by Crippen LogP contribution is -2.50. The predicted molar refractivity (Wildman–Crippen MR) is 111 cm³/mol. The monoisotopic (exact) mass is 440 g/mol. The fourth-order valence-electron chi connectivity index (χ4n) is 2.74. The Bertz CT molecular complexity index is 1090. The standard InChI is InChI=1S/C21H17ClN4O5/c1-12(20(29)24-15-5-2-14(11-23)17(22)10-15)31-21(30)13-3-6-16(7-4-13)26-19(28)9-8-18(27)25-26/h2-7,10,12H,8-9H2,1H3,(H,24,29)(H,25,27). The highest BCUT2D eigenvalue weighted by Gasteiger charge is 2.25. The van der Waals surface area contributed by atoms with Gasteiger partial charge in [-0.15, -0.1) is 0 Å². The highest BCUT2D eigenvalue weighted by Crippen LogP contribution is 2.21. The zero-order chi connectivity index (χ0) is 22.5. The topological polar surface area (TPSA) is 129 Å². The van der Waals surface area contributed by atoms with Gasteiger partial charge in [0.2, 0.25) is 11.8 Å². The van der Waals surface area contributed by atoms with Crippen LogP contribution in [0.3, 0.4) is 0 Å². The van der Waals surface area contributed by atoms with E-state index in [0.29, 0.717) is 11.4 Å². The summed E-state index contributed by atoms with van der Waals surface area (Å²) in [5.74, 6) is -1.84. The Hall–Kier alpha value is -3.90. The van der Waals surface area contributed by atoms with Crippen LogP contribution >= 0.6 is 11.6 Å². The molecule has 2 N–H and O–H groups in total. The lowest BCUT2D eigenvalue weighted by Gasteiger charge is -2.27. The van der Waals surface area contributed by atoms with Gasteiger partial charge in [-0.25, -0.2) is 9.80 Å². The molecule has 3 rings (SSSR count). The molecule has 1 atom stereocenters. The number of ether oxygens (including phenoxy) is 1. The van der Waals surface area contributed by atoms with Crippen molar-refractivity contribution < 1.29 is 23.9 Å². The second-order valence-corrected chi connectivity index (χ2v) is 7.06. The van der Waals surface area contributed by atoms with Gasteiger partial charge >= 0.3 is 5.97 Å². The number of carbonyl (C=O) groups excluding carboxylic acids is 4. The molecule has 10 heteroatoms. The van der Waals surface area contributed by atoms with E-state index in [-0.39, 0.29) is 40.8 Å². The van der Waals surface area contributed by atoms with Crippen molar-refractivity contribution in [2.75, 3.05) is 10.3 Å².